The monoisotopic (exact) mass is 368 g/mol. The van der Waals surface area contributed by atoms with Crippen molar-refractivity contribution in [3.8, 4) is 0 Å². The Balaban J connectivity index is 1.63. The Morgan fingerprint density at radius 1 is 0.885 bits per heavy atom. The van der Waals surface area contributed by atoms with Gasteiger partial charge in [-0.1, -0.05) is 73.3 Å². The summed E-state index contributed by atoms with van der Waals surface area (Å²) < 4.78 is 0. The molecule has 1 aliphatic heterocycles. The van der Waals surface area contributed by atoms with Gasteiger partial charge in [-0.2, -0.15) is 0 Å². The number of hydrogen-bond acceptors (Lipinski definition) is 2. The molecule has 138 valence electrons. The van der Waals surface area contributed by atoms with Crippen LogP contribution >= 0.6 is 11.6 Å². The summed E-state index contributed by atoms with van der Waals surface area (Å²) in [5, 5.41) is 4.33. The maximum atomic E-state index is 6.60. The summed E-state index contributed by atoms with van der Waals surface area (Å²) in [4.78, 5) is 2.56. The molecule has 0 radical (unpaired) electrons. The molecule has 26 heavy (non-hydrogen) atoms. The lowest BCUT2D eigenvalue weighted by Crippen LogP contribution is -2.45. The first-order valence-electron chi connectivity index (χ1n) is 10.1. The first kappa shape index (κ1) is 18.0. The lowest BCUT2D eigenvalue weighted by atomic mass is 9.83. The maximum absolute atomic E-state index is 6.60. The highest BCUT2D eigenvalue weighted by Gasteiger charge is 2.26. The molecule has 2 aromatic rings. The highest BCUT2D eigenvalue weighted by molar-refractivity contribution is 6.31. The fraction of sp³-hybridized carbons (Fsp3) is 0.478. The Kier molecular flexibility index (Phi) is 5.94. The summed E-state index contributed by atoms with van der Waals surface area (Å²) >= 11 is 6.60. The van der Waals surface area contributed by atoms with Gasteiger partial charge in [-0.25, -0.2) is 0 Å². The minimum Gasteiger partial charge on any atom is -0.314 e. The molecule has 1 aliphatic carbocycles. The van der Waals surface area contributed by atoms with Crippen LogP contribution in [0, 0.1) is 0 Å². The zero-order chi connectivity index (χ0) is 17.8. The Labute approximate surface area is 162 Å². The molecular weight excluding hydrogens is 340 g/mol. The topological polar surface area (TPSA) is 15.3 Å². The third kappa shape index (κ3) is 3.98. The summed E-state index contributed by atoms with van der Waals surface area (Å²) in [5.74, 6) is 0.760. The van der Waals surface area contributed by atoms with E-state index in [2.05, 4.69) is 46.6 Å². The van der Waals surface area contributed by atoms with Crippen LogP contribution in [-0.4, -0.2) is 31.1 Å². The van der Waals surface area contributed by atoms with Crippen molar-refractivity contribution in [1.29, 1.82) is 0 Å². The molecule has 0 amide bonds. The van der Waals surface area contributed by atoms with E-state index in [1.165, 1.54) is 48.8 Å². The molecule has 1 atom stereocenters. The van der Waals surface area contributed by atoms with Crippen LogP contribution in [0.15, 0.2) is 48.5 Å². The van der Waals surface area contributed by atoms with Gasteiger partial charge in [-0.3, -0.25) is 4.90 Å². The average Bonchev–Trinajstić information content (AvgIpc) is 2.72. The SMILES string of the molecule is Clc1ccccc1C(c1ccc(C2CCCCC2)cc1)N1CCNCC1. The van der Waals surface area contributed by atoms with Gasteiger partial charge in [0, 0.05) is 31.2 Å². The second kappa shape index (κ2) is 8.56. The minimum absolute atomic E-state index is 0.242. The van der Waals surface area contributed by atoms with E-state index in [9.17, 15) is 0 Å². The standard InChI is InChI=1S/C23H29ClN2/c24-22-9-5-4-8-21(22)23(26-16-14-25-15-17-26)20-12-10-19(11-13-20)18-6-2-1-3-7-18/h4-5,8-13,18,23,25H,1-3,6-7,14-17H2. The van der Waals surface area contributed by atoms with Gasteiger partial charge in [0.05, 0.1) is 6.04 Å². The van der Waals surface area contributed by atoms with Gasteiger partial charge in [0.15, 0.2) is 0 Å². The summed E-state index contributed by atoms with van der Waals surface area (Å²) in [7, 11) is 0. The first-order valence-corrected chi connectivity index (χ1v) is 10.5. The number of piperazine rings is 1. The summed E-state index contributed by atoms with van der Waals surface area (Å²) in [6.07, 6.45) is 6.88. The molecule has 0 aromatic heterocycles. The van der Waals surface area contributed by atoms with Crippen molar-refractivity contribution >= 4 is 11.6 Å². The third-order valence-electron chi connectivity index (χ3n) is 6.05. The Bertz CT molecular complexity index is 700. The number of rotatable bonds is 4. The van der Waals surface area contributed by atoms with Crippen LogP contribution in [0.5, 0.6) is 0 Å². The van der Waals surface area contributed by atoms with Gasteiger partial charge in [-0.15, -0.1) is 0 Å². The molecule has 1 N–H and O–H groups in total. The second-order valence-corrected chi connectivity index (χ2v) is 8.12. The number of nitrogens with one attached hydrogen (secondary N) is 1. The number of halogens is 1. The quantitative estimate of drug-likeness (QED) is 0.779. The van der Waals surface area contributed by atoms with Crippen molar-refractivity contribution in [1.82, 2.24) is 10.2 Å². The van der Waals surface area contributed by atoms with Crippen molar-refractivity contribution in [2.24, 2.45) is 0 Å². The van der Waals surface area contributed by atoms with E-state index in [-0.39, 0.29) is 6.04 Å². The predicted octanol–water partition coefficient (Wildman–Crippen LogP) is 5.38. The number of benzene rings is 2. The van der Waals surface area contributed by atoms with Gasteiger partial charge in [-0.05, 0) is 41.5 Å². The van der Waals surface area contributed by atoms with Crippen LogP contribution in [0.25, 0.3) is 0 Å². The fourth-order valence-electron chi connectivity index (χ4n) is 4.61. The molecule has 1 heterocycles. The van der Waals surface area contributed by atoms with Gasteiger partial charge in [0.25, 0.3) is 0 Å². The molecule has 1 unspecified atom stereocenters. The van der Waals surface area contributed by atoms with E-state index in [1.54, 1.807) is 0 Å². The molecule has 4 rings (SSSR count). The van der Waals surface area contributed by atoms with Gasteiger partial charge in [0.2, 0.25) is 0 Å². The molecule has 0 bridgehead atoms. The van der Waals surface area contributed by atoms with E-state index in [0.717, 1.165) is 37.1 Å². The molecular formula is C23H29ClN2. The van der Waals surface area contributed by atoms with Crippen molar-refractivity contribution < 1.29 is 0 Å². The number of nitrogens with zero attached hydrogens (tertiary/aromatic N) is 1. The zero-order valence-corrected chi connectivity index (χ0v) is 16.2. The highest BCUT2D eigenvalue weighted by Crippen LogP contribution is 2.36. The molecule has 3 heteroatoms. The van der Waals surface area contributed by atoms with Gasteiger partial charge in [0.1, 0.15) is 0 Å². The van der Waals surface area contributed by atoms with Crippen LogP contribution in [0.1, 0.15) is 60.8 Å². The zero-order valence-electron chi connectivity index (χ0n) is 15.5. The predicted molar refractivity (Wildman–Crippen MR) is 110 cm³/mol. The lowest BCUT2D eigenvalue weighted by Gasteiger charge is -2.36. The molecule has 2 aromatic carbocycles. The smallest absolute Gasteiger partial charge is 0.0617 e. The van der Waals surface area contributed by atoms with Crippen molar-refractivity contribution in [3.05, 3.63) is 70.2 Å². The van der Waals surface area contributed by atoms with Gasteiger partial charge < -0.3 is 5.32 Å². The van der Waals surface area contributed by atoms with Crippen LogP contribution in [0.2, 0.25) is 5.02 Å². The Morgan fingerprint density at radius 3 is 2.27 bits per heavy atom. The van der Waals surface area contributed by atoms with E-state index >= 15 is 0 Å². The average molecular weight is 369 g/mol. The van der Waals surface area contributed by atoms with Crippen molar-refractivity contribution in [3.63, 3.8) is 0 Å². The molecule has 1 saturated carbocycles. The number of hydrogen-bond donors (Lipinski definition) is 1. The second-order valence-electron chi connectivity index (χ2n) is 7.71. The normalized spacial score (nSPS) is 20.8. The van der Waals surface area contributed by atoms with Gasteiger partial charge >= 0.3 is 0 Å². The minimum atomic E-state index is 0.242. The molecule has 1 saturated heterocycles. The summed E-state index contributed by atoms with van der Waals surface area (Å²) in [6, 6.07) is 18.0. The Morgan fingerprint density at radius 2 is 1.58 bits per heavy atom. The van der Waals surface area contributed by atoms with Crippen LogP contribution in [-0.2, 0) is 0 Å². The molecule has 2 aliphatic rings. The van der Waals surface area contributed by atoms with E-state index in [4.69, 9.17) is 11.6 Å². The third-order valence-corrected chi connectivity index (χ3v) is 6.39. The van der Waals surface area contributed by atoms with Crippen LogP contribution in [0.3, 0.4) is 0 Å². The van der Waals surface area contributed by atoms with E-state index in [0.29, 0.717) is 0 Å². The summed E-state index contributed by atoms with van der Waals surface area (Å²) in [5.41, 5.74) is 4.10. The molecule has 2 fully saturated rings. The first-order chi connectivity index (χ1) is 12.8. The van der Waals surface area contributed by atoms with E-state index < -0.39 is 0 Å². The molecule has 2 nitrogen and oxygen atoms in total. The fourth-order valence-corrected chi connectivity index (χ4v) is 4.85. The van der Waals surface area contributed by atoms with E-state index in [1.807, 2.05) is 12.1 Å². The van der Waals surface area contributed by atoms with Crippen LogP contribution < -0.4 is 5.32 Å². The maximum Gasteiger partial charge on any atom is 0.0617 e. The van der Waals surface area contributed by atoms with Crippen molar-refractivity contribution in [2.75, 3.05) is 26.2 Å². The highest BCUT2D eigenvalue weighted by atomic mass is 35.5. The Hall–Kier alpha value is -1.35. The lowest BCUT2D eigenvalue weighted by molar-refractivity contribution is 0.198. The largest absolute Gasteiger partial charge is 0.314 e. The van der Waals surface area contributed by atoms with Crippen molar-refractivity contribution in [2.45, 2.75) is 44.1 Å². The van der Waals surface area contributed by atoms with Crippen LogP contribution in [0.4, 0.5) is 0 Å². The summed E-state index contributed by atoms with van der Waals surface area (Å²) in [6.45, 7) is 4.20. The molecule has 0 spiro atoms.